The summed E-state index contributed by atoms with van der Waals surface area (Å²) < 4.78 is 0. The minimum absolute atomic E-state index is 0.493. The molecule has 0 aromatic heterocycles. The Balaban J connectivity index is 1.68. The van der Waals surface area contributed by atoms with Crippen molar-refractivity contribution in [2.75, 3.05) is 31.6 Å². The van der Waals surface area contributed by atoms with Crippen LogP contribution >= 0.6 is 11.8 Å². The fraction of sp³-hybridized carbons (Fsp3) is 1.00. The second-order valence-electron chi connectivity index (χ2n) is 7.04. The van der Waals surface area contributed by atoms with Gasteiger partial charge in [-0.3, -0.25) is 4.90 Å². The second kappa shape index (κ2) is 5.95. The van der Waals surface area contributed by atoms with Crippen LogP contribution in [0.3, 0.4) is 0 Å². The van der Waals surface area contributed by atoms with Crippen LogP contribution in [0, 0.1) is 0 Å². The van der Waals surface area contributed by atoms with Gasteiger partial charge in [-0.15, -0.1) is 0 Å². The average Bonchev–Trinajstić information content (AvgIpc) is 3.05. The Bertz CT molecular complexity index is 293. The molecule has 1 saturated heterocycles. The van der Waals surface area contributed by atoms with Gasteiger partial charge in [0.05, 0.1) is 0 Å². The molecule has 0 bridgehead atoms. The van der Waals surface area contributed by atoms with E-state index in [1.54, 1.807) is 0 Å². The van der Waals surface area contributed by atoms with Gasteiger partial charge < -0.3 is 5.32 Å². The zero-order chi connectivity index (χ0) is 13.2. The molecule has 2 spiro atoms. The summed E-state index contributed by atoms with van der Waals surface area (Å²) in [4.78, 5) is 2.91. The molecule has 0 aromatic carbocycles. The van der Waals surface area contributed by atoms with Crippen LogP contribution in [0.4, 0.5) is 0 Å². The van der Waals surface area contributed by atoms with Gasteiger partial charge in [-0.05, 0) is 50.7 Å². The molecular weight excluding hydrogens is 252 g/mol. The Morgan fingerprint density at radius 2 is 1.74 bits per heavy atom. The van der Waals surface area contributed by atoms with Crippen molar-refractivity contribution in [3.63, 3.8) is 0 Å². The molecule has 2 nitrogen and oxygen atoms in total. The maximum atomic E-state index is 4.00. The van der Waals surface area contributed by atoms with Crippen molar-refractivity contribution in [2.45, 2.75) is 68.9 Å². The highest BCUT2D eigenvalue weighted by Gasteiger charge is 2.48. The van der Waals surface area contributed by atoms with Crippen molar-refractivity contribution in [1.82, 2.24) is 10.2 Å². The first kappa shape index (κ1) is 14.2. The SMILES string of the molecule is CSCCCN1CC2(CCCC2)NCC12CCCC2. The molecule has 0 radical (unpaired) electrons. The lowest BCUT2D eigenvalue weighted by atomic mass is 9.84. The maximum absolute atomic E-state index is 4.00. The van der Waals surface area contributed by atoms with Crippen LogP contribution in [0.25, 0.3) is 0 Å². The molecule has 0 unspecified atom stereocenters. The second-order valence-corrected chi connectivity index (χ2v) is 8.03. The van der Waals surface area contributed by atoms with E-state index in [2.05, 4.69) is 16.5 Å². The number of hydrogen-bond donors (Lipinski definition) is 1. The lowest BCUT2D eigenvalue weighted by Gasteiger charge is -2.53. The summed E-state index contributed by atoms with van der Waals surface area (Å²) in [5, 5.41) is 4.00. The molecule has 1 N–H and O–H groups in total. The molecule has 3 fully saturated rings. The van der Waals surface area contributed by atoms with Gasteiger partial charge in [0.15, 0.2) is 0 Å². The van der Waals surface area contributed by atoms with E-state index >= 15 is 0 Å². The first-order chi connectivity index (χ1) is 9.29. The number of hydrogen-bond acceptors (Lipinski definition) is 3. The Morgan fingerprint density at radius 1 is 1.05 bits per heavy atom. The molecule has 110 valence electrons. The van der Waals surface area contributed by atoms with Gasteiger partial charge in [-0.1, -0.05) is 25.7 Å². The summed E-state index contributed by atoms with van der Waals surface area (Å²) >= 11 is 2.00. The Labute approximate surface area is 123 Å². The van der Waals surface area contributed by atoms with E-state index in [1.165, 1.54) is 83.2 Å². The first-order valence-electron chi connectivity index (χ1n) is 8.28. The maximum Gasteiger partial charge on any atom is 0.0334 e. The molecule has 3 aliphatic rings. The van der Waals surface area contributed by atoms with Crippen LogP contribution in [-0.4, -0.2) is 47.6 Å². The lowest BCUT2D eigenvalue weighted by Crippen LogP contribution is -2.68. The van der Waals surface area contributed by atoms with E-state index in [0.717, 1.165) is 0 Å². The average molecular weight is 282 g/mol. The van der Waals surface area contributed by atoms with Gasteiger partial charge in [-0.2, -0.15) is 11.8 Å². The molecule has 0 amide bonds. The molecule has 1 heterocycles. The highest BCUT2D eigenvalue weighted by atomic mass is 32.2. The lowest BCUT2D eigenvalue weighted by molar-refractivity contribution is 0.00966. The molecule has 19 heavy (non-hydrogen) atoms. The third-order valence-electron chi connectivity index (χ3n) is 5.83. The predicted octanol–water partition coefficient (Wildman–Crippen LogP) is 3.27. The molecule has 3 rings (SSSR count). The van der Waals surface area contributed by atoms with Crippen molar-refractivity contribution >= 4 is 11.8 Å². The third kappa shape index (κ3) is 2.84. The summed E-state index contributed by atoms with van der Waals surface area (Å²) in [5.41, 5.74) is 1.03. The number of piperazine rings is 1. The van der Waals surface area contributed by atoms with Gasteiger partial charge in [0.2, 0.25) is 0 Å². The molecule has 1 aliphatic heterocycles. The van der Waals surface area contributed by atoms with Gasteiger partial charge in [0.1, 0.15) is 0 Å². The first-order valence-corrected chi connectivity index (χ1v) is 9.67. The van der Waals surface area contributed by atoms with Gasteiger partial charge in [0, 0.05) is 24.2 Å². The van der Waals surface area contributed by atoms with Crippen molar-refractivity contribution in [3.05, 3.63) is 0 Å². The summed E-state index contributed by atoms with van der Waals surface area (Å²) in [6.07, 6.45) is 15.1. The van der Waals surface area contributed by atoms with Crippen molar-refractivity contribution in [2.24, 2.45) is 0 Å². The van der Waals surface area contributed by atoms with E-state index in [1.807, 2.05) is 11.8 Å². The van der Waals surface area contributed by atoms with Crippen molar-refractivity contribution < 1.29 is 0 Å². The zero-order valence-corrected chi connectivity index (χ0v) is 13.4. The molecule has 0 aromatic rings. The molecule has 2 saturated carbocycles. The smallest absolute Gasteiger partial charge is 0.0334 e. The molecule has 3 heteroatoms. The minimum atomic E-state index is 0.493. The van der Waals surface area contributed by atoms with Gasteiger partial charge >= 0.3 is 0 Å². The zero-order valence-electron chi connectivity index (χ0n) is 12.5. The third-order valence-corrected chi connectivity index (χ3v) is 6.53. The number of thioether (sulfide) groups is 1. The van der Waals surface area contributed by atoms with Crippen LogP contribution in [-0.2, 0) is 0 Å². The Morgan fingerprint density at radius 3 is 2.42 bits per heavy atom. The Kier molecular flexibility index (Phi) is 4.45. The summed E-state index contributed by atoms with van der Waals surface area (Å²) in [6.45, 7) is 3.94. The fourth-order valence-corrected chi connectivity index (χ4v) is 5.10. The van der Waals surface area contributed by atoms with Crippen LogP contribution in [0.1, 0.15) is 57.8 Å². The van der Waals surface area contributed by atoms with E-state index in [4.69, 9.17) is 0 Å². The summed E-state index contributed by atoms with van der Waals surface area (Å²) in [7, 11) is 0. The van der Waals surface area contributed by atoms with Crippen LogP contribution in [0.15, 0.2) is 0 Å². The number of nitrogens with zero attached hydrogens (tertiary/aromatic N) is 1. The van der Waals surface area contributed by atoms with E-state index in [0.29, 0.717) is 11.1 Å². The van der Waals surface area contributed by atoms with Gasteiger partial charge in [0.25, 0.3) is 0 Å². The summed E-state index contributed by atoms with van der Waals surface area (Å²) in [6, 6.07) is 0. The van der Waals surface area contributed by atoms with Crippen LogP contribution in [0.2, 0.25) is 0 Å². The van der Waals surface area contributed by atoms with Crippen molar-refractivity contribution in [1.29, 1.82) is 0 Å². The van der Waals surface area contributed by atoms with E-state index < -0.39 is 0 Å². The monoisotopic (exact) mass is 282 g/mol. The standard InChI is InChI=1S/C16H30N2S/c1-19-12-6-11-18-14-15(7-2-3-8-15)17-13-16(18)9-4-5-10-16/h17H,2-14H2,1H3. The highest BCUT2D eigenvalue weighted by Crippen LogP contribution is 2.42. The molecular formula is C16H30N2S. The fourth-order valence-electron chi connectivity index (χ4n) is 4.68. The topological polar surface area (TPSA) is 15.3 Å². The van der Waals surface area contributed by atoms with Crippen LogP contribution in [0.5, 0.6) is 0 Å². The van der Waals surface area contributed by atoms with E-state index in [-0.39, 0.29) is 0 Å². The molecule has 0 atom stereocenters. The highest BCUT2D eigenvalue weighted by molar-refractivity contribution is 7.98. The number of rotatable bonds is 4. The Hall–Kier alpha value is 0.270. The van der Waals surface area contributed by atoms with Gasteiger partial charge in [-0.25, -0.2) is 0 Å². The number of nitrogens with one attached hydrogen (secondary N) is 1. The quantitative estimate of drug-likeness (QED) is 0.797. The normalized spacial score (nSPS) is 29.5. The minimum Gasteiger partial charge on any atom is -0.308 e. The largest absolute Gasteiger partial charge is 0.308 e. The molecule has 2 aliphatic carbocycles. The van der Waals surface area contributed by atoms with E-state index in [9.17, 15) is 0 Å². The van der Waals surface area contributed by atoms with Crippen molar-refractivity contribution in [3.8, 4) is 0 Å². The predicted molar refractivity (Wildman–Crippen MR) is 85.0 cm³/mol. The van der Waals surface area contributed by atoms with Crippen LogP contribution < -0.4 is 5.32 Å². The summed E-state index contributed by atoms with van der Waals surface area (Å²) in [5.74, 6) is 1.33.